The largest absolute Gasteiger partial charge is 0.356 e. The predicted octanol–water partition coefficient (Wildman–Crippen LogP) is 1.61. The molecule has 0 atom stereocenters. The molecular weight excluding hydrogens is 219 g/mol. The molecule has 0 spiro atoms. The zero-order valence-electron chi connectivity index (χ0n) is 9.92. The fraction of sp³-hybridized carbons (Fsp3) is 0.462. The van der Waals surface area contributed by atoms with Crippen molar-refractivity contribution in [1.82, 2.24) is 5.32 Å². The topological polar surface area (TPSA) is 55.1 Å². The number of carbonyl (C=O) groups excluding carboxylic acids is 1. The number of unbranched alkanes of at least 4 members (excludes halogenated alkanes) is 2. The van der Waals surface area contributed by atoms with Crippen LogP contribution in [0.25, 0.3) is 0 Å². The van der Waals surface area contributed by atoms with Crippen molar-refractivity contribution < 1.29 is 9.18 Å². The van der Waals surface area contributed by atoms with Gasteiger partial charge in [-0.2, -0.15) is 0 Å². The van der Waals surface area contributed by atoms with Gasteiger partial charge in [0.25, 0.3) is 0 Å². The summed E-state index contributed by atoms with van der Waals surface area (Å²) in [5, 5.41) is 2.81. The van der Waals surface area contributed by atoms with Crippen LogP contribution in [0.1, 0.15) is 24.8 Å². The summed E-state index contributed by atoms with van der Waals surface area (Å²) in [6.45, 7) is 1.35. The molecule has 1 amide bonds. The van der Waals surface area contributed by atoms with Crippen LogP contribution in [-0.2, 0) is 11.2 Å². The quantitative estimate of drug-likeness (QED) is 0.709. The van der Waals surface area contributed by atoms with Crippen molar-refractivity contribution in [2.24, 2.45) is 5.73 Å². The molecule has 94 valence electrons. The highest BCUT2D eigenvalue weighted by atomic mass is 19.1. The first kappa shape index (κ1) is 13.6. The maximum atomic E-state index is 12.9. The van der Waals surface area contributed by atoms with E-state index in [1.54, 1.807) is 12.1 Å². The lowest BCUT2D eigenvalue weighted by Gasteiger charge is -2.05. The summed E-state index contributed by atoms with van der Waals surface area (Å²) in [5.41, 5.74) is 6.06. The predicted molar refractivity (Wildman–Crippen MR) is 66.0 cm³/mol. The van der Waals surface area contributed by atoms with E-state index < -0.39 is 0 Å². The summed E-state index contributed by atoms with van der Waals surface area (Å²) < 4.78 is 12.9. The van der Waals surface area contributed by atoms with Gasteiger partial charge in [-0.3, -0.25) is 4.79 Å². The van der Waals surface area contributed by atoms with Gasteiger partial charge in [-0.15, -0.1) is 0 Å². The van der Waals surface area contributed by atoms with Crippen molar-refractivity contribution in [3.63, 3.8) is 0 Å². The van der Waals surface area contributed by atoms with E-state index in [9.17, 15) is 9.18 Å². The Bertz CT molecular complexity index is 355. The van der Waals surface area contributed by atoms with Crippen molar-refractivity contribution in [2.45, 2.75) is 25.7 Å². The maximum Gasteiger partial charge on any atom is 0.224 e. The van der Waals surface area contributed by atoms with Crippen LogP contribution in [0.3, 0.4) is 0 Å². The van der Waals surface area contributed by atoms with E-state index in [0.717, 1.165) is 19.3 Å². The fourth-order valence-electron chi connectivity index (χ4n) is 1.57. The zero-order valence-corrected chi connectivity index (χ0v) is 9.92. The number of nitrogens with two attached hydrogens (primary N) is 1. The smallest absolute Gasteiger partial charge is 0.224 e. The van der Waals surface area contributed by atoms with Crippen LogP contribution < -0.4 is 11.1 Å². The summed E-state index contributed by atoms with van der Waals surface area (Å²) in [6.07, 6.45) is 3.18. The molecule has 0 aliphatic carbocycles. The summed E-state index contributed by atoms with van der Waals surface area (Å²) in [4.78, 5) is 11.5. The Labute approximate surface area is 101 Å². The van der Waals surface area contributed by atoms with Gasteiger partial charge >= 0.3 is 0 Å². The summed E-state index contributed by atoms with van der Waals surface area (Å²) in [6, 6.07) is 6.11. The monoisotopic (exact) mass is 238 g/mol. The summed E-state index contributed by atoms with van der Waals surface area (Å²) in [5.74, 6) is -0.374. The molecule has 0 fully saturated rings. The van der Waals surface area contributed by atoms with Crippen LogP contribution in [-0.4, -0.2) is 19.0 Å². The number of hydrogen-bond acceptors (Lipinski definition) is 2. The average Bonchev–Trinajstić information content (AvgIpc) is 2.29. The third-order valence-corrected chi connectivity index (χ3v) is 2.46. The fourth-order valence-corrected chi connectivity index (χ4v) is 1.57. The number of amides is 1. The van der Waals surface area contributed by atoms with E-state index >= 15 is 0 Å². The van der Waals surface area contributed by atoms with Gasteiger partial charge in [0.15, 0.2) is 0 Å². The molecular formula is C13H19FN2O. The van der Waals surface area contributed by atoms with E-state index in [1.807, 2.05) is 0 Å². The molecule has 4 heteroatoms. The zero-order chi connectivity index (χ0) is 12.5. The van der Waals surface area contributed by atoms with Crippen LogP contribution >= 0.6 is 0 Å². The molecule has 3 nitrogen and oxygen atoms in total. The molecule has 1 rings (SSSR count). The van der Waals surface area contributed by atoms with Crippen molar-refractivity contribution in [3.8, 4) is 0 Å². The van der Waals surface area contributed by atoms with Crippen LogP contribution in [0.2, 0.25) is 0 Å². The molecule has 0 saturated heterocycles. The molecule has 17 heavy (non-hydrogen) atoms. The van der Waals surface area contributed by atoms with E-state index in [1.165, 1.54) is 12.1 Å². The van der Waals surface area contributed by atoms with Crippen molar-refractivity contribution >= 4 is 5.91 Å². The minimum absolute atomic E-state index is 0.0663. The first-order valence-electron chi connectivity index (χ1n) is 5.93. The molecule has 0 bridgehead atoms. The standard InChI is InChI=1S/C13H19FN2O/c14-12-6-4-5-11(9-12)10-13(17)16-8-3-1-2-7-15/h4-6,9H,1-3,7-8,10,15H2,(H,16,17). The Hall–Kier alpha value is -1.42. The Morgan fingerprint density at radius 3 is 2.82 bits per heavy atom. The SMILES string of the molecule is NCCCCCNC(=O)Cc1cccc(F)c1. The van der Waals surface area contributed by atoms with Gasteiger partial charge in [0.1, 0.15) is 5.82 Å². The Morgan fingerprint density at radius 2 is 2.12 bits per heavy atom. The van der Waals surface area contributed by atoms with Crippen LogP contribution in [0.5, 0.6) is 0 Å². The Morgan fingerprint density at radius 1 is 1.29 bits per heavy atom. The van der Waals surface area contributed by atoms with E-state index in [-0.39, 0.29) is 18.1 Å². The van der Waals surface area contributed by atoms with Crippen molar-refractivity contribution in [2.75, 3.05) is 13.1 Å². The average molecular weight is 238 g/mol. The second kappa shape index (κ2) is 7.79. The second-order valence-corrected chi connectivity index (χ2v) is 4.01. The highest BCUT2D eigenvalue weighted by molar-refractivity contribution is 5.78. The first-order valence-corrected chi connectivity index (χ1v) is 5.93. The molecule has 0 radical (unpaired) electrons. The Kier molecular flexibility index (Phi) is 6.25. The molecule has 3 N–H and O–H groups in total. The Balaban J connectivity index is 2.21. The molecule has 0 aliphatic heterocycles. The van der Waals surface area contributed by atoms with Crippen molar-refractivity contribution in [1.29, 1.82) is 0 Å². The highest BCUT2D eigenvalue weighted by Gasteiger charge is 2.03. The van der Waals surface area contributed by atoms with Crippen molar-refractivity contribution in [3.05, 3.63) is 35.6 Å². The first-order chi connectivity index (χ1) is 8.22. The lowest BCUT2D eigenvalue weighted by Crippen LogP contribution is -2.26. The molecule has 1 aromatic rings. The van der Waals surface area contributed by atoms with Crippen LogP contribution in [0, 0.1) is 5.82 Å². The lowest BCUT2D eigenvalue weighted by molar-refractivity contribution is -0.120. The van der Waals surface area contributed by atoms with Gasteiger partial charge in [-0.05, 0) is 37.1 Å². The van der Waals surface area contributed by atoms with Gasteiger partial charge in [0, 0.05) is 6.54 Å². The van der Waals surface area contributed by atoms with Gasteiger partial charge in [0.2, 0.25) is 5.91 Å². The minimum atomic E-state index is -0.307. The van der Waals surface area contributed by atoms with E-state index in [4.69, 9.17) is 5.73 Å². The number of benzene rings is 1. The van der Waals surface area contributed by atoms with Gasteiger partial charge in [-0.25, -0.2) is 4.39 Å². The van der Waals surface area contributed by atoms with E-state index in [2.05, 4.69) is 5.32 Å². The number of nitrogens with one attached hydrogen (secondary N) is 1. The molecule has 0 saturated carbocycles. The summed E-state index contributed by atoms with van der Waals surface area (Å²) >= 11 is 0. The third-order valence-electron chi connectivity index (χ3n) is 2.46. The maximum absolute atomic E-state index is 12.9. The van der Waals surface area contributed by atoms with E-state index in [0.29, 0.717) is 18.7 Å². The number of halogens is 1. The van der Waals surface area contributed by atoms with Gasteiger partial charge < -0.3 is 11.1 Å². The second-order valence-electron chi connectivity index (χ2n) is 4.01. The molecule has 1 aromatic carbocycles. The molecule has 0 unspecified atom stereocenters. The number of carbonyl (C=O) groups is 1. The van der Waals surface area contributed by atoms with Gasteiger partial charge in [-0.1, -0.05) is 18.6 Å². The summed E-state index contributed by atoms with van der Waals surface area (Å²) in [7, 11) is 0. The van der Waals surface area contributed by atoms with Crippen LogP contribution in [0.15, 0.2) is 24.3 Å². The highest BCUT2D eigenvalue weighted by Crippen LogP contribution is 2.04. The van der Waals surface area contributed by atoms with Crippen LogP contribution in [0.4, 0.5) is 4.39 Å². The number of rotatable bonds is 7. The molecule has 0 heterocycles. The third kappa shape index (κ3) is 6.02. The minimum Gasteiger partial charge on any atom is -0.356 e. The number of hydrogen-bond donors (Lipinski definition) is 2. The normalized spacial score (nSPS) is 10.2. The molecule has 0 aromatic heterocycles. The lowest BCUT2D eigenvalue weighted by atomic mass is 10.1. The van der Waals surface area contributed by atoms with Gasteiger partial charge in [0.05, 0.1) is 6.42 Å². The molecule has 0 aliphatic rings.